The van der Waals surface area contributed by atoms with Crippen LogP contribution in [0.1, 0.15) is 48.5 Å². The lowest BCUT2D eigenvalue weighted by atomic mass is 10.1. The van der Waals surface area contributed by atoms with Crippen molar-refractivity contribution >= 4 is 15.9 Å². The smallest absolute Gasteiger partial charge is 0.255 e. The van der Waals surface area contributed by atoms with E-state index in [1.165, 1.54) is 6.07 Å². The van der Waals surface area contributed by atoms with Gasteiger partial charge in [0, 0.05) is 12.6 Å². The zero-order valence-corrected chi connectivity index (χ0v) is 13.3. The molecule has 0 bridgehead atoms. The molecule has 1 fully saturated rings. The molecule has 1 aliphatic rings. The fraction of sp³-hybridized carbons (Fsp3) is 0.533. The number of hydrogen-bond acceptors (Lipinski definition) is 3. The maximum Gasteiger partial charge on any atom is 0.255 e. The summed E-state index contributed by atoms with van der Waals surface area (Å²) in [5, 5.41) is 5.24. The highest BCUT2D eigenvalue weighted by atomic mass is 32.2. The molecule has 116 valence electrons. The minimum atomic E-state index is -3.91. The Morgan fingerprint density at radius 3 is 2.67 bits per heavy atom. The van der Waals surface area contributed by atoms with Gasteiger partial charge in [-0.15, -0.1) is 0 Å². The fourth-order valence-corrected chi connectivity index (χ4v) is 3.50. The van der Waals surface area contributed by atoms with Crippen LogP contribution in [0.2, 0.25) is 0 Å². The first-order chi connectivity index (χ1) is 9.80. The van der Waals surface area contributed by atoms with Crippen LogP contribution in [0.5, 0.6) is 0 Å². The average Bonchev–Trinajstić information content (AvgIpc) is 2.61. The summed E-state index contributed by atoms with van der Waals surface area (Å²) in [6.07, 6.45) is 4.10. The zero-order chi connectivity index (χ0) is 15.6. The summed E-state index contributed by atoms with van der Waals surface area (Å²) in [5.74, 6) is -0.239. The molecule has 2 N–H and O–H groups in total. The highest BCUT2D eigenvalue weighted by Crippen LogP contribution is 2.23. The number of amides is 1. The average molecular weight is 310 g/mol. The number of sulfonamides is 1. The van der Waals surface area contributed by atoms with E-state index in [0.29, 0.717) is 6.54 Å². The van der Waals surface area contributed by atoms with E-state index in [0.717, 1.165) is 31.2 Å². The minimum absolute atomic E-state index is 0.0884. The fourth-order valence-electron chi connectivity index (χ4n) is 2.79. The molecule has 0 saturated carbocycles. The first-order valence-electron chi connectivity index (χ1n) is 7.25. The van der Waals surface area contributed by atoms with Crippen molar-refractivity contribution < 1.29 is 13.2 Å². The Bertz CT molecular complexity index is 640. The van der Waals surface area contributed by atoms with E-state index in [9.17, 15) is 13.2 Å². The van der Waals surface area contributed by atoms with Crippen LogP contribution in [0.3, 0.4) is 0 Å². The van der Waals surface area contributed by atoms with Crippen molar-refractivity contribution in [2.75, 3.05) is 6.54 Å². The van der Waals surface area contributed by atoms with Crippen LogP contribution in [0.15, 0.2) is 23.1 Å². The van der Waals surface area contributed by atoms with Crippen molar-refractivity contribution in [2.45, 2.75) is 50.5 Å². The standard InChI is InChI=1S/C15H22N2O3S/c1-11-7-8-14(21(16,19)20)13(10-11)15(18)17-9-5-3-4-6-12(17)2/h7-8,10,12H,3-6,9H2,1-2H3,(H2,16,19,20). The summed E-state index contributed by atoms with van der Waals surface area (Å²) in [4.78, 5) is 14.5. The Kier molecular flexibility index (Phi) is 4.68. The molecular formula is C15H22N2O3S. The molecule has 5 nitrogen and oxygen atoms in total. The van der Waals surface area contributed by atoms with Crippen LogP contribution in [-0.4, -0.2) is 31.8 Å². The summed E-state index contributed by atoms with van der Waals surface area (Å²) in [6, 6.07) is 4.80. The molecule has 1 aliphatic heterocycles. The second kappa shape index (κ2) is 6.15. The number of benzene rings is 1. The Labute approximate surface area is 126 Å². The topological polar surface area (TPSA) is 80.5 Å². The number of likely N-dealkylation sites (tertiary alicyclic amines) is 1. The maximum absolute atomic E-state index is 12.8. The van der Waals surface area contributed by atoms with Crippen molar-refractivity contribution in [1.29, 1.82) is 0 Å². The number of carbonyl (C=O) groups is 1. The highest BCUT2D eigenvalue weighted by molar-refractivity contribution is 7.89. The van der Waals surface area contributed by atoms with Crippen molar-refractivity contribution in [2.24, 2.45) is 5.14 Å². The third-order valence-corrected chi connectivity index (χ3v) is 4.95. The molecule has 0 aromatic heterocycles. The minimum Gasteiger partial charge on any atom is -0.336 e. The summed E-state index contributed by atoms with van der Waals surface area (Å²) in [6.45, 7) is 4.50. The van der Waals surface area contributed by atoms with Gasteiger partial charge < -0.3 is 4.90 Å². The predicted molar refractivity (Wildman–Crippen MR) is 81.5 cm³/mol. The van der Waals surface area contributed by atoms with Gasteiger partial charge in [0.2, 0.25) is 10.0 Å². The molecule has 2 rings (SSSR count). The molecule has 0 spiro atoms. The van der Waals surface area contributed by atoms with Gasteiger partial charge in [-0.1, -0.05) is 24.5 Å². The van der Waals surface area contributed by atoms with Gasteiger partial charge >= 0.3 is 0 Å². The van der Waals surface area contributed by atoms with Crippen molar-refractivity contribution in [3.05, 3.63) is 29.3 Å². The molecule has 1 unspecified atom stereocenters. The summed E-state index contributed by atoms with van der Waals surface area (Å²) >= 11 is 0. The first-order valence-corrected chi connectivity index (χ1v) is 8.80. The van der Waals surface area contributed by atoms with Gasteiger partial charge in [0.05, 0.1) is 10.5 Å². The van der Waals surface area contributed by atoms with Crippen molar-refractivity contribution in [1.82, 2.24) is 4.90 Å². The third-order valence-electron chi connectivity index (χ3n) is 3.99. The lowest BCUT2D eigenvalue weighted by Crippen LogP contribution is -2.39. The van der Waals surface area contributed by atoms with Crippen molar-refractivity contribution in [3.63, 3.8) is 0 Å². The van der Waals surface area contributed by atoms with Crippen LogP contribution in [0.25, 0.3) is 0 Å². The van der Waals surface area contributed by atoms with Gasteiger partial charge in [-0.3, -0.25) is 4.79 Å². The largest absolute Gasteiger partial charge is 0.336 e. The number of nitrogens with zero attached hydrogens (tertiary/aromatic N) is 1. The van der Waals surface area contributed by atoms with Crippen LogP contribution in [0, 0.1) is 6.92 Å². The van der Waals surface area contributed by atoms with Gasteiger partial charge in [-0.25, -0.2) is 13.6 Å². The summed E-state index contributed by atoms with van der Waals surface area (Å²) in [7, 11) is -3.91. The second-order valence-corrected chi connectivity index (χ2v) is 7.27. The van der Waals surface area contributed by atoms with Crippen LogP contribution in [0.4, 0.5) is 0 Å². The normalized spacial score (nSPS) is 20.1. The highest BCUT2D eigenvalue weighted by Gasteiger charge is 2.27. The molecule has 21 heavy (non-hydrogen) atoms. The summed E-state index contributed by atoms with van der Waals surface area (Å²) in [5.41, 5.74) is 1.03. The number of primary sulfonamides is 1. The van der Waals surface area contributed by atoms with Crippen LogP contribution >= 0.6 is 0 Å². The molecule has 0 radical (unpaired) electrons. The van der Waals surface area contributed by atoms with E-state index in [1.807, 2.05) is 13.8 Å². The van der Waals surface area contributed by atoms with Gasteiger partial charge in [-0.2, -0.15) is 0 Å². The van der Waals surface area contributed by atoms with Crippen molar-refractivity contribution in [3.8, 4) is 0 Å². The Balaban J connectivity index is 2.44. The molecule has 1 saturated heterocycles. The molecule has 1 heterocycles. The van der Waals surface area contributed by atoms with Gasteiger partial charge in [0.15, 0.2) is 0 Å². The SMILES string of the molecule is Cc1ccc(S(N)(=O)=O)c(C(=O)N2CCCCCC2C)c1. The number of hydrogen-bond donors (Lipinski definition) is 1. The van der Waals surface area contributed by atoms with E-state index in [-0.39, 0.29) is 22.4 Å². The lowest BCUT2D eigenvalue weighted by molar-refractivity contribution is 0.0694. The summed E-state index contributed by atoms with van der Waals surface area (Å²) < 4.78 is 23.4. The molecule has 1 aromatic rings. The van der Waals surface area contributed by atoms with Crippen LogP contribution < -0.4 is 5.14 Å². The Morgan fingerprint density at radius 1 is 1.29 bits per heavy atom. The molecular weight excluding hydrogens is 288 g/mol. The zero-order valence-electron chi connectivity index (χ0n) is 12.5. The van der Waals surface area contributed by atoms with E-state index < -0.39 is 10.0 Å². The number of nitrogens with two attached hydrogens (primary N) is 1. The number of aryl methyl sites for hydroxylation is 1. The van der Waals surface area contributed by atoms with Gasteiger partial charge in [0.1, 0.15) is 0 Å². The van der Waals surface area contributed by atoms with E-state index in [1.54, 1.807) is 17.0 Å². The Morgan fingerprint density at radius 2 is 2.00 bits per heavy atom. The Hall–Kier alpha value is -1.40. The molecule has 1 aromatic carbocycles. The van der Waals surface area contributed by atoms with E-state index in [4.69, 9.17) is 5.14 Å². The van der Waals surface area contributed by atoms with Gasteiger partial charge in [0.25, 0.3) is 5.91 Å². The lowest BCUT2D eigenvalue weighted by Gasteiger charge is -2.28. The predicted octanol–water partition coefficient (Wildman–Crippen LogP) is 2.05. The first kappa shape index (κ1) is 16.0. The molecule has 1 atom stereocenters. The molecule has 0 aliphatic carbocycles. The molecule has 6 heteroatoms. The third kappa shape index (κ3) is 3.63. The maximum atomic E-state index is 12.8. The quantitative estimate of drug-likeness (QED) is 0.907. The number of rotatable bonds is 2. The second-order valence-electron chi connectivity index (χ2n) is 5.74. The van der Waals surface area contributed by atoms with E-state index >= 15 is 0 Å². The monoisotopic (exact) mass is 310 g/mol. The van der Waals surface area contributed by atoms with Gasteiger partial charge in [-0.05, 0) is 38.8 Å². The van der Waals surface area contributed by atoms with E-state index in [2.05, 4.69) is 0 Å². The van der Waals surface area contributed by atoms with Crippen LogP contribution in [-0.2, 0) is 10.0 Å². The molecule has 1 amide bonds. The number of carbonyl (C=O) groups excluding carboxylic acids is 1.